The van der Waals surface area contributed by atoms with E-state index in [1.54, 1.807) is 0 Å². The molecule has 1 saturated heterocycles. The van der Waals surface area contributed by atoms with Crippen molar-refractivity contribution in [1.82, 2.24) is 9.80 Å². The molecule has 1 aromatic rings. The number of hydrogen-bond donors (Lipinski definition) is 0. The van der Waals surface area contributed by atoms with Crippen molar-refractivity contribution in [2.75, 3.05) is 32.7 Å². The first kappa shape index (κ1) is 19.2. The van der Waals surface area contributed by atoms with Crippen molar-refractivity contribution in [2.45, 2.75) is 51.4 Å². The highest BCUT2D eigenvalue weighted by Crippen LogP contribution is 2.23. The highest BCUT2D eigenvalue weighted by atomic mass is 127. The summed E-state index contributed by atoms with van der Waals surface area (Å²) in [5.41, 5.74) is 0.824. The smallest absolute Gasteiger partial charge is 0.253 e. The molecule has 2 aliphatic rings. The third kappa shape index (κ3) is 5.95. The number of benzene rings is 1. The molecule has 0 aromatic heterocycles. The van der Waals surface area contributed by atoms with Gasteiger partial charge in [0, 0.05) is 41.9 Å². The van der Waals surface area contributed by atoms with Crippen LogP contribution in [0.4, 0.5) is 0 Å². The lowest BCUT2D eigenvalue weighted by Gasteiger charge is -2.36. The number of carbonyl (C=O) groups excluding carboxylic acids is 1. The van der Waals surface area contributed by atoms with Crippen LogP contribution in [-0.4, -0.2) is 48.4 Å². The molecule has 1 heterocycles. The third-order valence-corrected chi connectivity index (χ3v) is 6.46. The molecule has 3 rings (SSSR count). The molecule has 1 saturated carbocycles. The van der Waals surface area contributed by atoms with E-state index in [1.165, 1.54) is 61.5 Å². The lowest BCUT2D eigenvalue weighted by Crippen LogP contribution is -2.49. The molecule has 1 aromatic carbocycles. The molecule has 0 unspecified atom stereocenters. The van der Waals surface area contributed by atoms with E-state index in [0.717, 1.165) is 37.7 Å². The molecule has 4 heteroatoms. The van der Waals surface area contributed by atoms with E-state index in [1.807, 2.05) is 29.2 Å². The molecule has 1 aliphatic heterocycles. The summed E-state index contributed by atoms with van der Waals surface area (Å²) in [6, 6.07) is 7.93. The van der Waals surface area contributed by atoms with E-state index in [4.69, 9.17) is 0 Å². The summed E-state index contributed by atoms with van der Waals surface area (Å²) in [4.78, 5) is 17.3. The Kier molecular flexibility index (Phi) is 7.59. The van der Waals surface area contributed by atoms with E-state index in [2.05, 4.69) is 27.5 Å². The topological polar surface area (TPSA) is 23.6 Å². The van der Waals surface area contributed by atoms with Crippen molar-refractivity contribution in [2.24, 2.45) is 5.92 Å². The minimum atomic E-state index is 0.193. The van der Waals surface area contributed by atoms with Gasteiger partial charge in [0.1, 0.15) is 0 Å². The summed E-state index contributed by atoms with van der Waals surface area (Å²) in [5, 5.41) is 0. The molecule has 0 N–H and O–H groups in total. The summed E-state index contributed by atoms with van der Waals surface area (Å²) in [6.07, 6.45) is 11.4. The van der Waals surface area contributed by atoms with Gasteiger partial charge in [0.15, 0.2) is 0 Å². The van der Waals surface area contributed by atoms with Gasteiger partial charge in [0.2, 0.25) is 0 Å². The van der Waals surface area contributed by atoms with Gasteiger partial charge < -0.3 is 4.90 Å². The average Bonchev–Trinajstić information content (AvgIpc) is 2.76. The standard InChI is InChI=1S/C21H31IN2O/c22-20-11-9-19(10-12-20)21(25)24-15-13-23(14-16-24)17-18-7-5-3-1-2-4-6-8-18/h9-12,18H,1-8,13-17H2. The molecule has 0 spiro atoms. The van der Waals surface area contributed by atoms with Gasteiger partial charge in [0.25, 0.3) is 5.91 Å². The van der Waals surface area contributed by atoms with E-state index < -0.39 is 0 Å². The van der Waals surface area contributed by atoms with Gasteiger partial charge in [-0.1, -0.05) is 38.5 Å². The van der Waals surface area contributed by atoms with Crippen LogP contribution in [0.2, 0.25) is 0 Å². The quantitative estimate of drug-likeness (QED) is 0.613. The predicted octanol–water partition coefficient (Wildman–Crippen LogP) is 4.80. The van der Waals surface area contributed by atoms with Gasteiger partial charge in [-0.2, -0.15) is 0 Å². The van der Waals surface area contributed by atoms with Gasteiger partial charge in [-0.05, 0) is 65.6 Å². The fraction of sp³-hybridized carbons (Fsp3) is 0.667. The van der Waals surface area contributed by atoms with Gasteiger partial charge in [-0.25, -0.2) is 0 Å². The molecule has 0 atom stereocenters. The van der Waals surface area contributed by atoms with Crippen LogP contribution >= 0.6 is 22.6 Å². The Balaban J connectivity index is 1.46. The number of amides is 1. The zero-order valence-corrected chi connectivity index (χ0v) is 17.4. The van der Waals surface area contributed by atoms with Gasteiger partial charge in [-0.15, -0.1) is 0 Å². The Hall–Kier alpha value is -0.620. The van der Waals surface area contributed by atoms with Crippen LogP contribution in [0.15, 0.2) is 24.3 Å². The number of halogens is 1. The second-order valence-corrected chi connectivity index (χ2v) is 8.91. The molecule has 1 aliphatic carbocycles. The Morgan fingerprint density at radius 1 is 0.880 bits per heavy atom. The molecule has 25 heavy (non-hydrogen) atoms. The van der Waals surface area contributed by atoms with Crippen LogP contribution in [0.5, 0.6) is 0 Å². The summed E-state index contributed by atoms with van der Waals surface area (Å²) < 4.78 is 1.17. The Morgan fingerprint density at radius 3 is 2.04 bits per heavy atom. The Bertz CT molecular complexity index is 527. The maximum Gasteiger partial charge on any atom is 0.253 e. The minimum absolute atomic E-state index is 0.193. The van der Waals surface area contributed by atoms with E-state index in [0.29, 0.717) is 0 Å². The van der Waals surface area contributed by atoms with Crippen molar-refractivity contribution >= 4 is 28.5 Å². The van der Waals surface area contributed by atoms with Crippen molar-refractivity contribution in [3.63, 3.8) is 0 Å². The molecule has 1 amide bonds. The highest BCUT2D eigenvalue weighted by molar-refractivity contribution is 14.1. The number of nitrogens with zero attached hydrogens (tertiary/aromatic N) is 2. The monoisotopic (exact) mass is 454 g/mol. The van der Waals surface area contributed by atoms with Crippen molar-refractivity contribution in [1.29, 1.82) is 0 Å². The molecule has 138 valence electrons. The lowest BCUT2D eigenvalue weighted by molar-refractivity contribution is 0.0611. The zero-order chi connectivity index (χ0) is 17.5. The third-order valence-electron chi connectivity index (χ3n) is 5.74. The second-order valence-electron chi connectivity index (χ2n) is 7.66. The van der Waals surface area contributed by atoms with Crippen LogP contribution in [-0.2, 0) is 0 Å². The summed E-state index contributed by atoms with van der Waals surface area (Å²) >= 11 is 2.28. The fourth-order valence-electron chi connectivity index (χ4n) is 4.17. The van der Waals surface area contributed by atoms with Crippen LogP contribution in [0.25, 0.3) is 0 Å². The Morgan fingerprint density at radius 2 is 1.44 bits per heavy atom. The van der Waals surface area contributed by atoms with Gasteiger partial charge >= 0.3 is 0 Å². The van der Waals surface area contributed by atoms with E-state index >= 15 is 0 Å². The van der Waals surface area contributed by atoms with Gasteiger partial charge in [0.05, 0.1) is 0 Å². The molecular weight excluding hydrogens is 423 g/mol. The number of piperazine rings is 1. The number of hydrogen-bond acceptors (Lipinski definition) is 2. The summed E-state index contributed by atoms with van der Waals surface area (Å²) in [6.45, 7) is 5.06. The normalized spacial score (nSPS) is 21.4. The minimum Gasteiger partial charge on any atom is -0.336 e. The first-order chi connectivity index (χ1) is 12.2. The largest absolute Gasteiger partial charge is 0.336 e. The molecule has 3 nitrogen and oxygen atoms in total. The highest BCUT2D eigenvalue weighted by Gasteiger charge is 2.23. The maximum absolute atomic E-state index is 12.6. The number of carbonyl (C=O) groups is 1. The molecular formula is C21H31IN2O. The average molecular weight is 454 g/mol. The van der Waals surface area contributed by atoms with Crippen molar-refractivity contribution in [3.05, 3.63) is 33.4 Å². The fourth-order valence-corrected chi connectivity index (χ4v) is 4.53. The number of rotatable bonds is 3. The first-order valence-corrected chi connectivity index (χ1v) is 11.1. The predicted molar refractivity (Wildman–Crippen MR) is 112 cm³/mol. The molecule has 2 fully saturated rings. The van der Waals surface area contributed by atoms with Crippen LogP contribution in [0.3, 0.4) is 0 Å². The van der Waals surface area contributed by atoms with Crippen LogP contribution < -0.4 is 0 Å². The Labute approximate surface area is 166 Å². The van der Waals surface area contributed by atoms with E-state index in [-0.39, 0.29) is 5.91 Å². The zero-order valence-electron chi connectivity index (χ0n) is 15.3. The maximum atomic E-state index is 12.6. The van der Waals surface area contributed by atoms with Crippen molar-refractivity contribution in [3.8, 4) is 0 Å². The van der Waals surface area contributed by atoms with Crippen molar-refractivity contribution < 1.29 is 4.79 Å². The van der Waals surface area contributed by atoms with Gasteiger partial charge in [-0.3, -0.25) is 9.69 Å². The SMILES string of the molecule is O=C(c1ccc(I)cc1)N1CCN(CC2CCCCCCCC2)CC1. The molecule has 0 bridgehead atoms. The second kappa shape index (κ2) is 9.91. The van der Waals surface area contributed by atoms with Crippen LogP contribution in [0.1, 0.15) is 61.7 Å². The lowest BCUT2D eigenvalue weighted by atomic mass is 9.96. The summed E-state index contributed by atoms with van der Waals surface area (Å²) in [5.74, 6) is 1.06. The molecule has 0 radical (unpaired) electrons. The summed E-state index contributed by atoms with van der Waals surface area (Å²) in [7, 11) is 0. The van der Waals surface area contributed by atoms with E-state index in [9.17, 15) is 4.79 Å². The first-order valence-electron chi connectivity index (χ1n) is 9.99. The van der Waals surface area contributed by atoms with Crippen LogP contribution in [0, 0.1) is 9.49 Å².